The van der Waals surface area contributed by atoms with Gasteiger partial charge in [0.05, 0.1) is 5.69 Å². The van der Waals surface area contributed by atoms with E-state index in [2.05, 4.69) is 91.9 Å². The normalized spacial score (nSPS) is 10.7. The average molecular weight is 386 g/mol. The van der Waals surface area contributed by atoms with Crippen LogP contribution in [-0.4, -0.2) is 4.98 Å². The Balaban J connectivity index is 1.70. The lowest BCUT2D eigenvalue weighted by atomic mass is 10.1. The second-order valence-electron chi connectivity index (χ2n) is 6.19. The Morgan fingerprint density at radius 2 is 1.22 bits per heavy atom. The van der Waals surface area contributed by atoms with Crippen molar-refractivity contribution in [2.24, 2.45) is 0 Å². The number of nitrogens with zero attached hydrogens (tertiary/aromatic N) is 1. The molecule has 0 saturated carbocycles. The van der Waals surface area contributed by atoms with Gasteiger partial charge in [0.15, 0.2) is 0 Å². The lowest BCUT2D eigenvalue weighted by Gasteiger charge is -2.11. The third-order valence-electron chi connectivity index (χ3n) is 4.09. The van der Waals surface area contributed by atoms with Crippen LogP contribution in [0.1, 0.15) is 5.56 Å². The van der Waals surface area contributed by atoms with Crippen molar-refractivity contribution in [3.63, 3.8) is 0 Å². The number of hydrogen-bond donors (Lipinski definition) is 0. The molecule has 3 heteroatoms. The van der Waals surface area contributed by atoms with Crippen molar-refractivity contribution >= 4 is 23.5 Å². The van der Waals surface area contributed by atoms with Gasteiger partial charge in [-0.05, 0) is 43.3 Å². The van der Waals surface area contributed by atoms with Gasteiger partial charge in [-0.1, -0.05) is 89.8 Å². The molecule has 27 heavy (non-hydrogen) atoms. The largest absolute Gasteiger partial charge is 0.240 e. The van der Waals surface area contributed by atoms with Gasteiger partial charge < -0.3 is 0 Å². The second-order valence-corrected chi connectivity index (χ2v) is 8.40. The van der Waals surface area contributed by atoms with Gasteiger partial charge in [0.1, 0.15) is 5.03 Å². The summed E-state index contributed by atoms with van der Waals surface area (Å²) in [5.74, 6) is 0. The minimum absolute atomic E-state index is 1.01. The van der Waals surface area contributed by atoms with Crippen LogP contribution < -0.4 is 0 Å². The van der Waals surface area contributed by atoms with Crippen molar-refractivity contribution in [3.05, 3.63) is 103 Å². The minimum atomic E-state index is 1.01. The summed E-state index contributed by atoms with van der Waals surface area (Å²) in [5.41, 5.74) is 3.44. The van der Waals surface area contributed by atoms with E-state index < -0.39 is 0 Å². The molecule has 0 spiro atoms. The summed E-state index contributed by atoms with van der Waals surface area (Å²) in [6.07, 6.45) is 0. The van der Waals surface area contributed by atoms with E-state index >= 15 is 0 Å². The summed E-state index contributed by atoms with van der Waals surface area (Å²) in [4.78, 5) is 8.59. The van der Waals surface area contributed by atoms with Crippen molar-refractivity contribution in [1.82, 2.24) is 4.98 Å². The first kappa shape index (κ1) is 17.9. The zero-order valence-electron chi connectivity index (χ0n) is 15.0. The fraction of sp³-hybridized carbons (Fsp3) is 0.0417. The first-order valence-electron chi connectivity index (χ1n) is 8.82. The van der Waals surface area contributed by atoms with Crippen LogP contribution in [0.4, 0.5) is 0 Å². The van der Waals surface area contributed by atoms with E-state index in [1.54, 1.807) is 23.5 Å². The van der Waals surface area contributed by atoms with Crippen LogP contribution in [0.5, 0.6) is 0 Å². The van der Waals surface area contributed by atoms with Crippen LogP contribution in [0.2, 0.25) is 0 Å². The van der Waals surface area contributed by atoms with E-state index in [4.69, 9.17) is 4.98 Å². The van der Waals surface area contributed by atoms with Crippen molar-refractivity contribution < 1.29 is 0 Å². The molecular weight excluding hydrogens is 366 g/mol. The van der Waals surface area contributed by atoms with Gasteiger partial charge in [-0.3, -0.25) is 0 Å². The maximum atomic E-state index is 5.00. The Bertz CT molecular complexity index is 1010. The van der Waals surface area contributed by atoms with Gasteiger partial charge in [0.25, 0.3) is 0 Å². The molecule has 4 aromatic rings. The zero-order valence-corrected chi connectivity index (χ0v) is 16.6. The lowest BCUT2D eigenvalue weighted by Crippen LogP contribution is -1.90. The number of pyridine rings is 1. The van der Waals surface area contributed by atoms with Crippen LogP contribution >= 0.6 is 23.5 Å². The van der Waals surface area contributed by atoms with Gasteiger partial charge >= 0.3 is 0 Å². The number of aromatic nitrogens is 1. The van der Waals surface area contributed by atoms with E-state index in [1.165, 1.54) is 20.2 Å². The molecule has 1 heterocycles. The Kier molecular flexibility index (Phi) is 5.61. The van der Waals surface area contributed by atoms with E-state index in [0.717, 1.165) is 16.3 Å². The molecule has 0 amide bonds. The molecule has 3 aromatic carbocycles. The summed E-state index contributed by atoms with van der Waals surface area (Å²) in [5, 5.41) is 1.01. The maximum absolute atomic E-state index is 5.00. The number of benzene rings is 3. The van der Waals surface area contributed by atoms with E-state index in [0.29, 0.717) is 0 Å². The lowest BCUT2D eigenvalue weighted by molar-refractivity contribution is 1.09. The van der Waals surface area contributed by atoms with E-state index in [1.807, 2.05) is 12.1 Å². The van der Waals surface area contributed by atoms with Crippen LogP contribution in [0.3, 0.4) is 0 Å². The average Bonchev–Trinajstić information content (AvgIpc) is 2.72. The van der Waals surface area contributed by atoms with E-state index in [-0.39, 0.29) is 0 Å². The molecule has 4 rings (SSSR count). The number of rotatable bonds is 5. The summed E-state index contributed by atoms with van der Waals surface area (Å²) in [6, 6.07) is 33.7. The smallest absolute Gasteiger partial charge is 0.102 e. The molecular formula is C24H19NS2. The topological polar surface area (TPSA) is 12.9 Å². The molecule has 132 valence electrons. The minimum Gasteiger partial charge on any atom is -0.240 e. The summed E-state index contributed by atoms with van der Waals surface area (Å²) in [7, 11) is 0. The SMILES string of the molecule is Cc1ccc(Sc2ccc(Sc3ccccc3)c(-c3ccccc3)n2)cc1. The van der Waals surface area contributed by atoms with Crippen LogP contribution in [0.25, 0.3) is 11.3 Å². The molecule has 0 bridgehead atoms. The van der Waals surface area contributed by atoms with Crippen LogP contribution in [-0.2, 0) is 0 Å². The predicted molar refractivity (Wildman–Crippen MR) is 116 cm³/mol. The van der Waals surface area contributed by atoms with Crippen molar-refractivity contribution in [2.45, 2.75) is 26.6 Å². The van der Waals surface area contributed by atoms with Crippen LogP contribution in [0.15, 0.2) is 117 Å². The molecule has 0 saturated heterocycles. The number of aryl methyl sites for hydroxylation is 1. The van der Waals surface area contributed by atoms with Gasteiger partial charge in [-0.2, -0.15) is 0 Å². The van der Waals surface area contributed by atoms with Gasteiger partial charge in [-0.25, -0.2) is 4.98 Å². The molecule has 0 aliphatic rings. The first-order chi connectivity index (χ1) is 13.3. The van der Waals surface area contributed by atoms with Crippen LogP contribution in [0, 0.1) is 6.92 Å². The molecule has 0 atom stereocenters. The molecule has 0 unspecified atom stereocenters. The molecule has 0 fully saturated rings. The highest BCUT2D eigenvalue weighted by atomic mass is 32.2. The third-order valence-corrected chi connectivity index (χ3v) is 6.10. The Hall–Kier alpha value is -2.49. The Morgan fingerprint density at radius 1 is 0.593 bits per heavy atom. The zero-order chi connectivity index (χ0) is 18.5. The highest BCUT2D eigenvalue weighted by Gasteiger charge is 2.11. The number of hydrogen-bond acceptors (Lipinski definition) is 3. The fourth-order valence-electron chi connectivity index (χ4n) is 2.71. The Morgan fingerprint density at radius 3 is 1.93 bits per heavy atom. The quantitative estimate of drug-likeness (QED) is 0.356. The highest BCUT2D eigenvalue weighted by molar-refractivity contribution is 7.99. The van der Waals surface area contributed by atoms with Crippen molar-refractivity contribution in [1.29, 1.82) is 0 Å². The highest BCUT2D eigenvalue weighted by Crippen LogP contribution is 2.37. The predicted octanol–water partition coefficient (Wildman–Crippen LogP) is 7.36. The summed E-state index contributed by atoms with van der Waals surface area (Å²) < 4.78 is 0. The van der Waals surface area contributed by atoms with Gasteiger partial charge in [0, 0.05) is 20.2 Å². The summed E-state index contributed by atoms with van der Waals surface area (Å²) >= 11 is 3.45. The second kappa shape index (κ2) is 8.47. The van der Waals surface area contributed by atoms with E-state index in [9.17, 15) is 0 Å². The monoisotopic (exact) mass is 385 g/mol. The Labute approximate surface area is 168 Å². The molecule has 1 nitrogen and oxygen atoms in total. The van der Waals surface area contributed by atoms with Crippen molar-refractivity contribution in [2.75, 3.05) is 0 Å². The van der Waals surface area contributed by atoms with Gasteiger partial charge in [0.2, 0.25) is 0 Å². The maximum Gasteiger partial charge on any atom is 0.102 e. The molecule has 0 radical (unpaired) electrons. The third kappa shape index (κ3) is 4.62. The van der Waals surface area contributed by atoms with Crippen molar-refractivity contribution in [3.8, 4) is 11.3 Å². The summed E-state index contributed by atoms with van der Waals surface area (Å²) in [6.45, 7) is 2.11. The molecule has 0 aliphatic carbocycles. The standard InChI is InChI=1S/C24H19NS2/c1-18-12-14-21(15-13-18)27-23-17-16-22(26-20-10-6-3-7-11-20)24(25-23)19-8-4-2-5-9-19/h2-17H,1H3. The molecule has 0 aliphatic heterocycles. The first-order valence-corrected chi connectivity index (χ1v) is 10.5. The molecule has 0 N–H and O–H groups in total. The fourth-order valence-corrected chi connectivity index (χ4v) is 4.44. The van der Waals surface area contributed by atoms with Gasteiger partial charge in [-0.15, -0.1) is 0 Å². The molecule has 1 aromatic heterocycles.